The molecule has 4 nitrogen and oxygen atoms in total. The lowest BCUT2D eigenvalue weighted by molar-refractivity contribution is 0.284. The van der Waals surface area contributed by atoms with E-state index in [9.17, 15) is 13.5 Å². The Labute approximate surface area is 106 Å². The fraction of sp³-hybridized carbons (Fsp3) is 0.727. The van der Waals surface area contributed by atoms with Crippen LogP contribution >= 0.6 is 11.3 Å². The topological polar surface area (TPSA) is 67.3 Å². The summed E-state index contributed by atoms with van der Waals surface area (Å²) in [6.07, 6.45) is 2.85. The molecule has 1 heterocycles. The molecule has 0 bridgehead atoms. The maximum Gasteiger partial charge on any atom is 0.156 e. The van der Waals surface area contributed by atoms with E-state index in [1.165, 1.54) is 11.3 Å². The van der Waals surface area contributed by atoms with Crippen molar-refractivity contribution in [3.8, 4) is 0 Å². The van der Waals surface area contributed by atoms with Crippen molar-refractivity contribution in [2.45, 2.75) is 44.5 Å². The van der Waals surface area contributed by atoms with Crippen molar-refractivity contribution in [2.24, 2.45) is 0 Å². The van der Waals surface area contributed by atoms with Crippen LogP contribution in [0.2, 0.25) is 0 Å². The second-order valence-corrected chi connectivity index (χ2v) is 7.79. The number of sulfone groups is 1. The van der Waals surface area contributed by atoms with E-state index in [2.05, 4.69) is 4.98 Å². The van der Waals surface area contributed by atoms with Gasteiger partial charge in [0.2, 0.25) is 0 Å². The van der Waals surface area contributed by atoms with Crippen LogP contribution in [0.3, 0.4) is 0 Å². The van der Waals surface area contributed by atoms with E-state index >= 15 is 0 Å². The van der Waals surface area contributed by atoms with Crippen LogP contribution in [0.4, 0.5) is 0 Å². The van der Waals surface area contributed by atoms with Crippen LogP contribution in [0, 0.1) is 0 Å². The lowest BCUT2D eigenvalue weighted by Gasteiger charge is -1.98. The molecule has 0 amide bonds. The van der Waals surface area contributed by atoms with E-state index in [0.717, 1.165) is 23.4 Å². The van der Waals surface area contributed by atoms with Crippen molar-refractivity contribution in [3.63, 3.8) is 0 Å². The molecule has 1 aromatic heterocycles. The molecule has 17 heavy (non-hydrogen) atoms. The van der Waals surface area contributed by atoms with E-state index in [1.807, 2.05) is 6.92 Å². The zero-order chi connectivity index (χ0) is 12.5. The Morgan fingerprint density at radius 3 is 2.71 bits per heavy atom. The molecule has 0 aromatic carbocycles. The van der Waals surface area contributed by atoms with Gasteiger partial charge in [0.05, 0.1) is 22.9 Å². The summed E-state index contributed by atoms with van der Waals surface area (Å²) in [5.41, 5.74) is 0.930. The average molecular weight is 275 g/mol. The van der Waals surface area contributed by atoms with Gasteiger partial charge < -0.3 is 5.11 Å². The standard InChI is InChI=1S/C11H17NO3S2/c1-2-5-17(14,15)7-10-12-11(8-3-4-8)9(6-13)16-10/h8,13H,2-7H2,1H3. The summed E-state index contributed by atoms with van der Waals surface area (Å²) in [4.78, 5) is 5.23. The first-order valence-electron chi connectivity index (χ1n) is 5.85. The third kappa shape index (κ3) is 3.26. The number of thiazole rings is 1. The van der Waals surface area contributed by atoms with E-state index in [0.29, 0.717) is 17.3 Å². The van der Waals surface area contributed by atoms with Crippen molar-refractivity contribution < 1.29 is 13.5 Å². The lowest BCUT2D eigenvalue weighted by atomic mass is 10.2. The summed E-state index contributed by atoms with van der Waals surface area (Å²) < 4.78 is 23.4. The molecule has 0 atom stereocenters. The molecular formula is C11H17NO3S2. The van der Waals surface area contributed by atoms with Crippen molar-refractivity contribution in [1.82, 2.24) is 4.98 Å². The van der Waals surface area contributed by atoms with Gasteiger partial charge >= 0.3 is 0 Å². The van der Waals surface area contributed by atoms with E-state index in [1.54, 1.807) is 0 Å². The van der Waals surface area contributed by atoms with Gasteiger partial charge in [-0.25, -0.2) is 13.4 Å². The van der Waals surface area contributed by atoms with Gasteiger partial charge in [0, 0.05) is 5.92 Å². The maximum atomic E-state index is 11.7. The number of hydrogen-bond acceptors (Lipinski definition) is 5. The van der Waals surface area contributed by atoms with E-state index in [-0.39, 0.29) is 18.1 Å². The third-order valence-corrected chi connectivity index (χ3v) is 5.72. The van der Waals surface area contributed by atoms with Crippen molar-refractivity contribution in [3.05, 3.63) is 15.6 Å². The first-order valence-corrected chi connectivity index (χ1v) is 8.49. The van der Waals surface area contributed by atoms with Gasteiger partial charge in [-0.3, -0.25) is 0 Å². The van der Waals surface area contributed by atoms with Gasteiger partial charge in [0.25, 0.3) is 0 Å². The van der Waals surface area contributed by atoms with Gasteiger partial charge in [-0.15, -0.1) is 11.3 Å². The molecule has 6 heteroatoms. The monoisotopic (exact) mass is 275 g/mol. The summed E-state index contributed by atoms with van der Waals surface area (Å²) in [5.74, 6) is 0.682. The quantitative estimate of drug-likeness (QED) is 0.860. The number of aromatic nitrogens is 1. The highest BCUT2D eigenvalue weighted by Gasteiger charge is 2.30. The molecule has 1 aliphatic carbocycles. The minimum Gasteiger partial charge on any atom is -0.391 e. The summed E-state index contributed by atoms with van der Waals surface area (Å²) in [5, 5.41) is 9.86. The summed E-state index contributed by atoms with van der Waals surface area (Å²) >= 11 is 1.34. The Morgan fingerprint density at radius 2 is 2.18 bits per heavy atom. The molecule has 1 aliphatic rings. The van der Waals surface area contributed by atoms with Crippen LogP contribution in [0.5, 0.6) is 0 Å². The molecule has 1 N–H and O–H groups in total. The van der Waals surface area contributed by atoms with Crippen molar-refractivity contribution in [1.29, 1.82) is 0 Å². The molecule has 96 valence electrons. The predicted molar refractivity (Wildman–Crippen MR) is 67.8 cm³/mol. The summed E-state index contributed by atoms with van der Waals surface area (Å²) in [6, 6.07) is 0. The molecule has 0 spiro atoms. The van der Waals surface area contributed by atoms with Crippen LogP contribution in [0.25, 0.3) is 0 Å². The summed E-state index contributed by atoms with van der Waals surface area (Å²) in [7, 11) is -3.04. The highest BCUT2D eigenvalue weighted by Crippen LogP contribution is 2.42. The Hall–Kier alpha value is -0.460. The maximum absolute atomic E-state index is 11.7. The van der Waals surface area contributed by atoms with Crippen LogP contribution in [-0.4, -0.2) is 24.3 Å². The number of rotatable bonds is 6. The van der Waals surface area contributed by atoms with Gasteiger partial charge in [0.1, 0.15) is 10.8 Å². The van der Waals surface area contributed by atoms with Crippen LogP contribution < -0.4 is 0 Å². The zero-order valence-corrected chi connectivity index (χ0v) is 11.5. The number of nitrogens with zero attached hydrogens (tertiary/aromatic N) is 1. The molecule has 2 rings (SSSR count). The minimum absolute atomic E-state index is 0.0191. The second kappa shape index (κ2) is 5.04. The predicted octanol–water partition coefficient (Wildman–Crippen LogP) is 1.84. The highest BCUT2D eigenvalue weighted by molar-refractivity contribution is 7.90. The van der Waals surface area contributed by atoms with E-state index in [4.69, 9.17) is 0 Å². The Morgan fingerprint density at radius 1 is 1.47 bits per heavy atom. The average Bonchev–Trinajstić information content (AvgIpc) is 3.00. The third-order valence-electron chi connectivity index (χ3n) is 2.74. The van der Waals surface area contributed by atoms with Crippen molar-refractivity contribution >= 4 is 21.2 Å². The van der Waals surface area contributed by atoms with Gasteiger partial charge in [0.15, 0.2) is 9.84 Å². The number of aliphatic hydroxyl groups is 1. The first-order chi connectivity index (χ1) is 8.05. The van der Waals surface area contributed by atoms with Gasteiger partial charge in [-0.2, -0.15) is 0 Å². The Bertz CT molecular complexity index is 489. The smallest absolute Gasteiger partial charge is 0.156 e. The van der Waals surface area contributed by atoms with Crippen LogP contribution in [-0.2, 0) is 22.2 Å². The lowest BCUT2D eigenvalue weighted by Crippen LogP contribution is -2.08. The first kappa shape index (κ1) is 13.0. The SMILES string of the molecule is CCCS(=O)(=O)Cc1nc(C2CC2)c(CO)s1. The molecule has 1 fully saturated rings. The fourth-order valence-electron chi connectivity index (χ4n) is 1.84. The van der Waals surface area contributed by atoms with Gasteiger partial charge in [-0.1, -0.05) is 6.92 Å². The normalized spacial score (nSPS) is 16.4. The molecule has 1 aromatic rings. The zero-order valence-electron chi connectivity index (χ0n) is 9.85. The molecule has 1 saturated carbocycles. The molecule has 0 radical (unpaired) electrons. The fourth-order valence-corrected chi connectivity index (χ4v) is 4.63. The van der Waals surface area contributed by atoms with Crippen LogP contribution in [0.15, 0.2) is 0 Å². The molecule has 0 unspecified atom stereocenters. The molecule has 0 aliphatic heterocycles. The van der Waals surface area contributed by atoms with Crippen molar-refractivity contribution in [2.75, 3.05) is 5.75 Å². The highest BCUT2D eigenvalue weighted by atomic mass is 32.2. The molecule has 0 saturated heterocycles. The second-order valence-electron chi connectivity index (χ2n) is 4.44. The van der Waals surface area contributed by atoms with Gasteiger partial charge in [-0.05, 0) is 19.3 Å². The minimum atomic E-state index is -3.04. The number of hydrogen-bond donors (Lipinski definition) is 1. The Balaban J connectivity index is 2.16. The van der Waals surface area contributed by atoms with E-state index < -0.39 is 9.84 Å². The largest absolute Gasteiger partial charge is 0.391 e. The summed E-state index contributed by atoms with van der Waals surface area (Å²) in [6.45, 7) is 1.82. The number of aliphatic hydroxyl groups excluding tert-OH is 1. The Kier molecular flexibility index (Phi) is 3.85. The molecular weight excluding hydrogens is 258 g/mol. The van der Waals surface area contributed by atoms with Crippen LogP contribution in [0.1, 0.15) is 47.7 Å².